The summed E-state index contributed by atoms with van der Waals surface area (Å²) in [7, 11) is 0. The summed E-state index contributed by atoms with van der Waals surface area (Å²) >= 11 is 18.9. The van der Waals surface area contributed by atoms with Crippen molar-refractivity contribution in [2.75, 3.05) is 5.32 Å². The smallest absolute Gasteiger partial charge is 0.0638 e. The third-order valence-electron chi connectivity index (χ3n) is 2.40. The van der Waals surface area contributed by atoms with Gasteiger partial charge in [-0.3, -0.25) is 0 Å². The molecule has 0 amide bonds. The van der Waals surface area contributed by atoms with E-state index >= 15 is 0 Å². The van der Waals surface area contributed by atoms with Crippen LogP contribution >= 0.6 is 55.1 Å². The van der Waals surface area contributed by atoms with Crippen molar-refractivity contribution in [2.24, 2.45) is 0 Å². The fourth-order valence-corrected chi connectivity index (χ4v) is 2.48. The van der Waals surface area contributed by atoms with Gasteiger partial charge in [0.1, 0.15) is 0 Å². The molecule has 2 rings (SSSR count). The van der Waals surface area contributed by atoms with Gasteiger partial charge in [-0.15, -0.1) is 0 Å². The minimum Gasteiger partial charge on any atom is -0.380 e. The summed E-state index contributed by atoms with van der Waals surface area (Å²) < 4.78 is 1.89. The molecule has 0 aliphatic rings. The van der Waals surface area contributed by atoms with Crippen LogP contribution in [0.1, 0.15) is 5.56 Å². The molecule has 0 saturated carbocycles. The van der Waals surface area contributed by atoms with Crippen LogP contribution in [0.2, 0.25) is 10.0 Å². The molecule has 1 nitrogen and oxygen atoms in total. The lowest BCUT2D eigenvalue weighted by molar-refractivity contribution is 1.15. The van der Waals surface area contributed by atoms with Crippen LogP contribution in [-0.2, 0) is 6.54 Å². The molecule has 0 spiro atoms. The predicted molar refractivity (Wildman–Crippen MR) is 85.6 cm³/mol. The third-order valence-corrected chi connectivity index (χ3v) is 4.45. The average Bonchev–Trinajstić information content (AvgIpc) is 2.34. The summed E-state index contributed by atoms with van der Waals surface area (Å²) in [6.07, 6.45) is 0. The van der Waals surface area contributed by atoms with Crippen LogP contribution in [0.15, 0.2) is 45.3 Å². The molecule has 0 saturated heterocycles. The average molecular weight is 410 g/mol. The molecule has 0 heterocycles. The summed E-state index contributed by atoms with van der Waals surface area (Å²) in [4.78, 5) is 0. The maximum absolute atomic E-state index is 6.10. The molecule has 0 bridgehead atoms. The first-order chi connectivity index (χ1) is 8.56. The second kappa shape index (κ2) is 6.29. The van der Waals surface area contributed by atoms with E-state index in [1.165, 1.54) is 0 Å². The van der Waals surface area contributed by atoms with Crippen molar-refractivity contribution in [3.8, 4) is 0 Å². The van der Waals surface area contributed by atoms with E-state index in [0.29, 0.717) is 16.6 Å². The van der Waals surface area contributed by atoms with Crippen molar-refractivity contribution in [1.29, 1.82) is 0 Å². The number of hydrogen-bond acceptors (Lipinski definition) is 1. The lowest BCUT2D eigenvalue weighted by Crippen LogP contribution is -2.00. The molecule has 0 aromatic heterocycles. The van der Waals surface area contributed by atoms with E-state index in [0.717, 1.165) is 20.2 Å². The molecule has 0 atom stereocenters. The van der Waals surface area contributed by atoms with Crippen LogP contribution in [-0.4, -0.2) is 0 Å². The minimum absolute atomic E-state index is 0.670. The van der Waals surface area contributed by atoms with Gasteiger partial charge in [-0.05, 0) is 51.8 Å². The van der Waals surface area contributed by atoms with Crippen molar-refractivity contribution in [3.05, 3.63) is 61.0 Å². The van der Waals surface area contributed by atoms with Crippen LogP contribution < -0.4 is 5.32 Å². The molecule has 0 unspecified atom stereocenters. The van der Waals surface area contributed by atoms with Crippen molar-refractivity contribution in [2.45, 2.75) is 6.54 Å². The monoisotopic (exact) mass is 407 g/mol. The van der Waals surface area contributed by atoms with Gasteiger partial charge in [0.15, 0.2) is 0 Å². The Kier molecular flexibility index (Phi) is 4.96. The predicted octanol–water partition coefficient (Wildman–Crippen LogP) is 6.13. The van der Waals surface area contributed by atoms with Crippen LogP contribution in [0.5, 0.6) is 0 Å². The fourth-order valence-electron chi connectivity index (χ4n) is 1.48. The van der Waals surface area contributed by atoms with E-state index in [9.17, 15) is 0 Å². The summed E-state index contributed by atoms with van der Waals surface area (Å²) in [5.41, 5.74) is 1.99. The van der Waals surface area contributed by atoms with Gasteiger partial charge in [-0.1, -0.05) is 45.2 Å². The number of nitrogens with one attached hydrogen (secondary N) is 1. The van der Waals surface area contributed by atoms with Crippen LogP contribution in [0, 0.1) is 0 Å². The first kappa shape index (κ1) is 14.2. The maximum Gasteiger partial charge on any atom is 0.0638 e. The van der Waals surface area contributed by atoms with Gasteiger partial charge in [0.25, 0.3) is 0 Å². The zero-order chi connectivity index (χ0) is 13.1. The van der Waals surface area contributed by atoms with Crippen molar-refractivity contribution < 1.29 is 0 Å². The lowest BCUT2D eigenvalue weighted by Gasteiger charge is -2.09. The van der Waals surface area contributed by atoms with Crippen LogP contribution in [0.25, 0.3) is 0 Å². The molecular formula is C13H9Br2Cl2N. The Balaban J connectivity index is 2.11. The molecule has 0 radical (unpaired) electrons. The number of hydrogen-bond donors (Lipinski definition) is 1. The summed E-state index contributed by atoms with van der Waals surface area (Å²) in [6, 6.07) is 11.6. The minimum atomic E-state index is 0.670. The molecule has 94 valence electrons. The van der Waals surface area contributed by atoms with E-state index in [4.69, 9.17) is 23.2 Å². The first-order valence-electron chi connectivity index (χ1n) is 5.19. The summed E-state index contributed by atoms with van der Waals surface area (Å²) in [5.74, 6) is 0. The van der Waals surface area contributed by atoms with Crippen molar-refractivity contribution in [1.82, 2.24) is 0 Å². The summed E-state index contributed by atoms with van der Waals surface area (Å²) in [6.45, 7) is 0.670. The quantitative estimate of drug-likeness (QED) is 0.642. The topological polar surface area (TPSA) is 12.0 Å². The number of anilines is 1. The summed E-state index contributed by atoms with van der Waals surface area (Å²) in [5, 5.41) is 4.68. The van der Waals surface area contributed by atoms with E-state index in [2.05, 4.69) is 37.2 Å². The highest BCUT2D eigenvalue weighted by Gasteiger charge is 2.02. The van der Waals surface area contributed by atoms with Crippen molar-refractivity contribution >= 4 is 60.7 Å². The molecule has 0 aliphatic heterocycles. The molecular weight excluding hydrogens is 401 g/mol. The molecule has 0 aliphatic carbocycles. The fraction of sp³-hybridized carbons (Fsp3) is 0.0769. The van der Waals surface area contributed by atoms with E-state index in [-0.39, 0.29) is 0 Å². The normalized spacial score (nSPS) is 10.4. The Hall–Kier alpha value is -0.220. The van der Waals surface area contributed by atoms with Crippen molar-refractivity contribution in [3.63, 3.8) is 0 Å². The van der Waals surface area contributed by atoms with Gasteiger partial charge in [0.2, 0.25) is 0 Å². The second-order valence-corrected chi connectivity index (χ2v) is 6.31. The molecule has 2 aromatic rings. The molecule has 2 aromatic carbocycles. The highest BCUT2D eigenvalue weighted by atomic mass is 79.9. The number of benzene rings is 2. The molecule has 1 N–H and O–H groups in total. The maximum atomic E-state index is 6.10. The van der Waals surface area contributed by atoms with Crippen LogP contribution in [0.4, 0.5) is 5.69 Å². The molecule has 0 fully saturated rings. The number of rotatable bonds is 3. The SMILES string of the molecule is Clc1cc(CNc2cc(Br)ccc2Cl)ccc1Br. The highest BCUT2D eigenvalue weighted by Crippen LogP contribution is 2.27. The zero-order valence-corrected chi connectivity index (χ0v) is 13.9. The Morgan fingerprint density at radius 1 is 0.944 bits per heavy atom. The van der Waals surface area contributed by atoms with Gasteiger partial charge in [-0.25, -0.2) is 0 Å². The van der Waals surface area contributed by atoms with E-state index < -0.39 is 0 Å². The Labute approximate surface area is 133 Å². The number of halogens is 4. The van der Waals surface area contributed by atoms with Gasteiger partial charge in [0.05, 0.1) is 15.7 Å². The standard InChI is InChI=1S/C13H9Br2Cl2N/c14-9-2-4-11(16)13(6-9)18-7-8-1-3-10(15)12(17)5-8/h1-6,18H,7H2. The van der Waals surface area contributed by atoms with Gasteiger partial charge < -0.3 is 5.32 Å². The highest BCUT2D eigenvalue weighted by molar-refractivity contribution is 9.10. The van der Waals surface area contributed by atoms with E-state index in [1.807, 2.05) is 36.4 Å². The Bertz CT molecular complexity index is 573. The van der Waals surface area contributed by atoms with Crippen LogP contribution in [0.3, 0.4) is 0 Å². The lowest BCUT2D eigenvalue weighted by atomic mass is 10.2. The Morgan fingerprint density at radius 2 is 1.72 bits per heavy atom. The third kappa shape index (κ3) is 3.64. The van der Waals surface area contributed by atoms with E-state index in [1.54, 1.807) is 0 Å². The largest absolute Gasteiger partial charge is 0.380 e. The Morgan fingerprint density at radius 3 is 2.44 bits per heavy atom. The van der Waals surface area contributed by atoms with Gasteiger partial charge in [-0.2, -0.15) is 0 Å². The van der Waals surface area contributed by atoms with Gasteiger partial charge in [0, 0.05) is 15.5 Å². The first-order valence-corrected chi connectivity index (χ1v) is 7.53. The second-order valence-electron chi connectivity index (χ2n) is 3.73. The zero-order valence-electron chi connectivity index (χ0n) is 9.18. The molecule has 18 heavy (non-hydrogen) atoms. The molecule has 5 heteroatoms. The van der Waals surface area contributed by atoms with Gasteiger partial charge >= 0.3 is 0 Å².